The lowest BCUT2D eigenvalue weighted by atomic mass is 10.2. The molecule has 1 aliphatic rings. The van der Waals surface area contributed by atoms with Gasteiger partial charge in [-0.2, -0.15) is 17.6 Å². The quantitative estimate of drug-likeness (QED) is 0.794. The summed E-state index contributed by atoms with van der Waals surface area (Å²) >= 11 is 0. The van der Waals surface area contributed by atoms with Crippen LogP contribution in [-0.2, 0) is 4.74 Å². The van der Waals surface area contributed by atoms with E-state index in [1.807, 2.05) is 0 Å². The largest absolute Gasteiger partial charge is 0.507 e. The van der Waals surface area contributed by atoms with Crippen molar-refractivity contribution in [1.82, 2.24) is 0 Å². The number of rotatable bonds is 1. The first-order valence-electron chi connectivity index (χ1n) is 6.18. The molecule has 2 rings (SSSR count). The molecule has 9 heteroatoms. The van der Waals surface area contributed by atoms with Gasteiger partial charge < -0.3 is 14.2 Å². The molecule has 0 fully saturated rings. The monoisotopic (exact) mass is 323 g/mol. The molecular formula is C13H13F4NO4. The summed E-state index contributed by atoms with van der Waals surface area (Å²) in [5, 5.41) is 2.15. The summed E-state index contributed by atoms with van der Waals surface area (Å²) in [5.74, 6) is -1.33. The predicted octanol–water partition coefficient (Wildman–Crippen LogP) is 3.99. The number of halogens is 4. The standard InChI is InChI=1S/C13H13F4NO4/c1-11(2,3)22-10(19)18-7-5-4-6-8-9(7)21-13(16,17)12(14,15)20-8/h4-6H,1-3H3,(H,18,19). The van der Waals surface area contributed by atoms with Crippen LogP contribution in [0.25, 0.3) is 0 Å². The van der Waals surface area contributed by atoms with Crippen LogP contribution in [0, 0.1) is 0 Å². The fourth-order valence-corrected chi connectivity index (χ4v) is 1.60. The van der Waals surface area contributed by atoms with Crippen LogP contribution in [0.4, 0.5) is 28.0 Å². The summed E-state index contributed by atoms with van der Waals surface area (Å²) in [6.07, 6.45) is -10.6. The minimum atomic E-state index is -4.87. The number of amides is 1. The van der Waals surface area contributed by atoms with E-state index in [-0.39, 0.29) is 5.69 Å². The van der Waals surface area contributed by atoms with Crippen molar-refractivity contribution in [3.63, 3.8) is 0 Å². The molecule has 0 spiro atoms. The number of carbonyl (C=O) groups excluding carboxylic acids is 1. The molecule has 0 aromatic heterocycles. The van der Waals surface area contributed by atoms with Gasteiger partial charge in [0.2, 0.25) is 0 Å². The van der Waals surface area contributed by atoms with E-state index in [1.165, 1.54) is 12.1 Å². The lowest BCUT2D eigenvalue weighted by Gasteiger charge is -2.32. The Morgan fingerprint density at radius 1 is 1.14 bits per heavy atom. The lowest BCUT2D eigenvalue weighted by Crippen LogP contribution is -2.52. The summed E-state index contributed by atoms with van der Waals surface area (Å²) in [6.45, 7) is 4.80. The second kappa shape index (κ2) is 4.92. The van der Waals surface area contributed by atoms with Crippen LogP contribution in [0.15, 0.2) is 18.2 Å². The molecular weight excluding hydrogens is 310 g/mol. The zero-order valence-corrected chi connectivity index (χ0v) is 11.9. The normalized spacial score (nSPS) is 18.5. The maximum Gasteiger partial charge on any atom is 0.507 e. The molecule has 0 radical (unpaired) electrons. The van der Waals surface area contributed by atoms with Gasteiger partial charge in [-0.05, 0) is 32.9 Å². The molecule has 0 saturated carbocycles. The molecule has 0 saturated heterocycles. The molecule has 122 valence electrons. The first kappa shape index (κ1) is 16.2. The van der Waals surface area contributed by atoms with E-state index in [9.17, 15) is 22.4 Å². The molecule has 1 aromatic rings. The number of nitrogens with one attached hydrogen (secondary N) is 1. The number of benzene rings is 1. The van der Waals surface area contributed by atoms with Crippen LogP contribution >= 0.6 is 0 Å². The first-order chi connectivity index (χ1) is 9.91. The van der Waals surface area contributed by atoms with E-state index >= 15 is 0 Å². The number of anilines is 1. The Morgan fingerprint density at radius 2 is 1.73 bits per heavy atom. The summed E-state index contributed by atoms with van der Waals surface area (Å²) in [7, 11) is 0. The van der Waals surface area contributed by atoms with Crippen molar-refractivity contribution < 1.29 is 36.6 Å². The Bertz CT molecular complexity index is 598. The highest BCUT2D eigenvalue weighted by atomic mass is 19.3. The molecule has 5 nitrogen and oxygen atoms in total. The van der Waals surface area contributed by atoms with Gasteiger partial charge in [0.1, 0.15) is 5.60 Å². The minimum absolute atomic E-state index is 0.276. The number of carbonyl (C=O) groups is 1. The maximum absolute atomic E-state index is 13.2. The van der Waals surface area contributed by atoms with Gasteiger partial charge in [-0.3, -0.25) is 5.32 Å². The van der Waals surface area contributed by atoms with Gasteiger partial charge in [-0.1, -0.05) is 6.07 Å². The Morgan fingerprint density at radius 3 is 2.32 bits per heavy atom. The lowest BCUT2D eigenvalue weighted by molar-refractivity contribution is -0.391. The van der Waals surface area contributed by atoms with Gasteiger partial charge in [0.25, 0.3) is 0 Å². The van der Waals surface area contributed by atoms with Gasteiger partial charge in [0, 0.05) is 0 Å². The van der Waals surface area contributed by atoms with Gasteiger partial charge >= 0.3 is 18.3 Å². The average Bonchev–Trinajstić information content (AvgIpc) is 2.28. The molecule has 22 heavy (non-hydrogen) atoms. The van der Waals surface area contributed by atoms with Crippen molar-refractivity contribution in [1.29, 1.82) is 0 Å². The second-order valence-electron chi connectivity index (χ2n) is 5.50. The smallest absolute Gasteiger partial charge is 0.444 e. The zero-order chi connectivity index (χ0) is 16.8. The average molecular weight is 323 g/mol. The molecule has 1 N–H and O–H groups in total. The third kappa shape index (κ3) is 3.18. The molecule has 1 aliphatic heterocycles. The van der Waals surface area contributed by atoms with E-state index in [0.29, 0.717) is 0 Å². The third-order valence-corrected chi connectivity index (χ3v) is 2.42. The van der Waals surface area contributed by atoms with Crippen molar-refractivity contribution >= 4 is 11.8 Å². The Labute approximate surface area is 123 Å². The van der Waals surface area contributed by atoms with E-state index in [2.05, 4.69) is 14.8 Å². The molecule has 1 heterocycles. The maximum atomic E-state index is 13.2. The first-order valence-corrected chi connectivity index (χ1v) is 6.18. The van der Waals surface area contributed by atoms with E-state index in [4.69, 9.17) is 4.74 Å². The van der Waals surface area contributed by atoms with Crippen molar-refractivity contribution in [3.05, 3.63) is 18.2 Å². The summed E-state index contributed by atoms with van der Waals surface area (Å²) in [5.41, 5.74) is -1.10. The van der Waals surface area contributed by atoms with Gasteiger partial charge in [0.05, 0.1) is 5.69 Å². The number of fused-ring (bicyclic) bond motifs is 1. The summed E-state index contributed by atoms with van der Waals surface area (Å²) in [4.78, 5) is 11.6. The fraction of sp³-hybridized carbons (Fsp3) is 0.462. The van der Waals surface area contributed by atoms with Crippen molar-refractivity contribution in [2.75, 3.05) is 5.32 Å². The summed E-state index contributed by atoms with van der Waals surface area (Å²) < 4.78 is 65.5. The van der Waals surface area contributed by atoms with Crippen LogP contribution in [0.2, 0.25) is 0 Å². The van der Waals surface area contributed by atoms with E-state index in [1.54, 1.807) is 20.8 Å². The van der Waals surface area contributed by atoms with Crippen LogP contribution in [0.1, 0.15) is 20.8 Å². The highest BCUT2D eigenvalue weighted by molar-refractivity contribution is 5.88. The Balaban J connectivity index is 2.29. The fourth-order valence-electron chi connectivity index (χ4n) is 1.60. The van der Waals surface area contributed by atoms with Crippen LogP contribution in [0.3, 0.4) is 0 Å². The predicted molar refractivity (Wildman–Crippen MR) is 67.4 cm³/mol. The van der Waals surface area contributed by atoms with Crippen LogP contribution < -0.4 is 14.8 Å². The van der Waals surface area contributed by atoms with Crippen molar-refractivity contribution in [2.45, 2.75) is 38.6 Å². The van der Waals surface area contributed by atoms with Crippen LogP contribution in [0.5, 0.6) is 11.5 Å². The molecule has 1 amide bonds. The zero-order valence-electron chi connectivity index (χ0n) is 11.9. The molecule has 0 bridgehead atoms. The molecule has 0 aliphatic carbocycles. The van der Waals surface area contributed by atoms with Gasteiger partial charge in [0.15, 0.2) is 11.5 Å². The number of ether oxygens (including phenoxy) is 3. The molecule has 0 unspecified atom stereocenters. The highest BCUT2D eigenvalue weighted by Crippen LogP contribution is 2.49. The third-order valence-electron chi connectivity index (χ3n) is 2.42. The van der Waals surface area contributed by atoms with Crippen molar-refractivity contribution in [3.8, 4) is 11.5 Å². The Hall–Kier alpha value is -2.19. The Kier molecular flexibility index (Phi) is 3.62. The SMILES string of the molecule is CC(C)(C)OC(=O)Nc1cccc2c1OC(F)(F)C(F)(F)O2. The summed E-state index contributed by atoms with van der Waals surface area (Å²) in [6, 6.07) is 3.43. The number of para-hydroxylation sites is 1. The number of hydrogen-bond acceptors (Lipinski definition) is 4. The van der Waals surface area contributed by atoms with Crippen LogP contribution in [-0.4, -0.2) is 23.9 Å². The van der Waals surface area contributed by atoms with E-state index < -0.39 is 35.4 Å². The second-order valence-corrected chi connectivity index (χ2v) is 5.50. The number of hydrogen-bond donors (Lipinski definition) is 1. The minimum Gasteiger partial charge on any atom is -0.444 e. The van der Waals surface area contributed by atoms with Crippen molar-refractivity contribution in [2.24, 2.45) is 0 Å². The molecule has 1 aromatic carbocycles. The van der Waals surface area contributed by atoms with Gasteiger partial charge in [-0.25, -0.2) is 4.79 Å². The topological polar surface area (TPSA) is 56.8 Å². The van der Waals surface area contributed by atoms with Gasteiger partial charge in [-0.15, -0.1) is 0 Å². The molecule has 0 atom stereocenters. The highest BCUT2D eigenvalue weighted by Gasteiger charge is 2.66. The van der Waals surface area contributed by atoms with E-state index in [0.717, 1.165) is 6.07 Å². The number of alkyl halides is 4.